The molecule has 0 spiro atoms. The van der Waals surface area contributed by atoms with Crippen molar-refractivity contribution in [2.45, 2.75) is 26.3 Å². The van der Waals surface area contributed by atoms with Gasteiger partial charge in [-0.3, -0.25) is 4.79 Å². The Labute approximate surface area is 90.9 Å². The lowest BCUT2D eigenvalue weighted by Crippen LogP contribution is -2.42. The standard InChI is InChI=1S/C12H18N2O/c1-12(2,3)14(4)11(15)9-5-7-10(13)8-6-9/h5-8H,13H2,1-4H3. The predicted octanol–water partition coefficient (Wildman–Crippen LogP) is 2.14. The van der Waals surface area contributed by atoms with Gasteiger partial charge in [0.05, 0.1) is 0 Å². The number of carbonyl (C=O) groups excluding carboxylic acids is 1. The second-order valence-corrected chi connectivity index (χ2v) is 4.66. The zero-order valence-corrected chi connectivity index (χ0v) is 9.74. The number of nitrogens with zero attached hydrogens (tertiary/aromatic N) is 1. The van der Waals surface area contributed by atoms with Gasteiger partial charge in [0.2, 0.25) is 0 Å². The molecule has 0 saturated heterocycles. The summed E-state index contributed by atoms with van der Waals surface area (Å²) in [6.45, 7) is 6.01. The molecule has 0 aliphatic carbocycles. The third-order valence-corrected chi connectivity index (χ3v) is 2.47. The van der Waals surface area contributed by atoms with E-state index in [1.54, 1.807) is 36.2 Å². The SMILES string of the molecule is CN(C(=O)c1ccc(N)cc1)C(C)(C)C. The van der Waals surface area contributed by atoms with E-state index < -0.39 is 0 Å². The van der Waals surface area contributed by atoms with Gasteiger partial charge >= 0.3 is 0 Å². The highest BCUT2D eigenvalue weighted by molar-refractivity contribution is 5.94. The first kappa shape index (κ1) is 11.6. The molecule has 1 rings (SSSR count). The Hall–Kier alpha value is -1.51. The number of amides is 1. The van der Waals surface area contributed by atoms with Crippen LogP contribution in [0, 0.1) is 0 Å². The van der Waals surface area contributed by atoms with E-state index >= 15 is 0 Å². The van der Waals surface area contributed by atoms with Gasteiger partial charge in [-0.05, 0) is 45.0 Å². The molecule has 1 amide bonds. The molecule has 0 fully saturated rings. The Morgan fingerprint density at radius 2 is 1.67 bits per heavy atom. The lowest BCUT2D eigenvalue weighted by Gasteiger charge is -2.32. The molecule has 0 bridgehead atoms. The maximum Gasteiger partial charge on any atom is 0.254 e. The molecule has 0 aliphatic heterocycles. The highest BCUT2D eigenvalue weighted by Crippen LogP contribution is 2.15. The zero-order chi connectivity index (χ0) is 11.6. The molecule has 3 nitrogen and oxygen atoms in total. The van der Waals surface area contributed by atoms with Gasteiger partial charge in [-0.2, -0.15) is 0 Å². The van der Waals surface area contributed by atoms with Crippen molar-refractivity contribution >= 4 is 11.6 Å². The Morgan fingerprint density at radius 3 is 2.07 bits per heavy atom. The highest BCUT2D eigenvalue weighted by Gasteiger charge is 2.22. The van der Waals surface area contributed by atoms with Gasteiger partial charge in [0.25, 0.3) is 5.91 Å². The van der Waals surface area contributed by atoms with Crippen molar-refractivity contribution in [2.24, 2.45) is 0 Å². The molecule has 1 aromatic carbocycles. The van der Waals surface area contributed by atoms with E-state index in [2.05, 4.69) is 0 Å². The normalized spacial score (nSPS) is 11.2. The third-order valence-electron chi connectivity index (χ3n) is 2.47. The minimum atomic E-state index is -0.168. The lowest BCUT2D eigenvalue weighted by molar-refractivity contribution is 0.0656. The Balaban J connectivity index is 2.90. The first-order chi connectivity index (χ1) is 6.82. The van der Waals surface area contributed by atoms with Crippen LogP contribution in [0.2, 0.25) is 0 Å². The zero-order valence-electron chi connectivity index (χ0n) is 9.74. The van der Waals surface area contributed by atoms with Crippen molar-refractivity contribution in [3.63, 3.8) is 0 Å². The smallest absolute Gasteiger partial charge is 0.254 e. The largest absolute Gasteiger partial charge is 0.399 e. The number of hydrogen-bond donors (Lipinski definition) is 1. The van der Waals surface area contributed by atoms with Crippen molar-refractivity contribution in [3.8, 4) is 0 Å². The monoisotopic (exact) mass is 206 g/mol. The van der Waals surface area contributed by atoms with Crippen molar-refractivity contribution in [3.05, 3.63) is 29.8 Å². The predicted molar refractivity (Wildman–Crippen MR) is 62.7 cm³/mol. The van der Waals surface area contributed by atoms with Gasteiger partial charge in [-0.1, -0.05) is 0 Å². The molecular formula is C12H18N2O. The van der Waals surface area contributed by atoms with Crippen LogP contribution in [0.1, 0.15) is 31.1 Å². The topological polar surface area (TPSA) is 46.3 Å². The lowest BCUT2D eigenvalue weighted by atomic mass is 10.1. The number of rotatable bonds is 1. The van der Waals surface area contributed by atoms with Crippen LogP contribution in [0.15, 0.2) is 24.3 Å². The van der Waals surface area contributed by atoms with Crippen LogP contribution in [0.25, 0.3) is 0 Å². The van der Waals surface area contributed by atoms with Gasteiger partial charge in [-0.25, -0.2) is 0 Å². The molecule has 2 N–H and O–H groups in total. The van der Waals surface area contributed by atoms with Crippen molar-refractivity contribution in [2.75, 3.05) is 12.8 Å². The van der Waals surface area contributed by atoms with Crippen molar-refractivity contribution in [1.29, 1.82) is 0 Å². The summed E-state index contributed by atoms with van der Waals surface area (Å²) in [5.41, 5.74) is 6.74. The maximum atomic E-state index is 12.0. The summed E-state index contributed by atoms with van der Waals surface area (Å²) in [4.78, 5) is 13.7. The summed E-state index contributed by atoms with van der Waals surface area (Å²) in [5, 5.41) is 0. The molecule has 0 radical (unpaired) electrons. The quantitative estimate of drug-likeness (QED) is 0.715. The second-order valence-electron chi connectivity index (χ2n) is 4.66. The number of carbonyl (C=O) groups is 1. The van der Waals surface area contributed by atoms with Gasteiger partial charge in [0, 0.05) is 23.8 Å². The van der Waals surface area contributed by atoms with Gasteiger partial charge < -0.3 is 10.6 Å². The maximum absolute atomic E-state index is 12.0. The number of nitrogens with two attached hydrogens (primary N) is 1. The Morgan fingerprint density at radius 1 is 1.20 bits per heavy atom. The summed E-state index contributed by atoms with van der Waals surface area (Å²) in [6.07, 6.45) is 0. The van der Waals surface area contributed by atoms with Gasteiger partial charge in [-0.15, -0.1) is 0 Å². The van der Waals surface area contributed by atoms with Crippen LogP contribution >= 0.6 is 0 Å². The number of hydrogen-bond acceptors (Lipinski definition) is 2. The van der Waals surface area contributed by atoms with E-state index in [9.17, 15) is 4.79 Å². The molecular weight excluding hydrogens is 188 g/mol. The Bertz CT molecular complexity index is 349. The Kier molecular flexibility index (Phi) is 3.03. The first-order valence-electron chi connectivity index (χ1n) is 4.96. The summed E-state index contributed by atoms with van der Waals surface area (Å²) in [6, 6.07) is 6.98. The molecule has 3 heteroatoms. The van der Waals surface area contributed by atoms with E-state index in [0.29, 0.717) is 11.3 Å². The van der Waals surface area contributed by atoms with E-state index in [-0.39, 0.29) is 11.4 Å². The summed E-state index contributed by atoms with van der Waals surface area (Å²) in [5.74, 6) is 0.0162. The van der Waals surface area contributed by atoms with Gasteiger partial charge in [0.15, 0.2) is 0 Å². The fourth-order valence-corrected chi connectivity index (χ4v) is 1.12. The molecule has 0 aromatic heterocycles. The van der Waals surface area contributed by atoms with Crippen LogP contribution in [-0.4, -0.2) is 23.4 Å². The molecule has 0 aliphatic rings. The molecule has 0 heterocycles. The van der Waals surface area contributed by atoms with Crippen LogP contribution in [-0.2, 0) is 0 Å². The van der Waals surface area contributed by atoms with Crippen LogP contribution in [0.4, 0.5) is 5.69 Å². The minimum Gasteiger partial charge on any atom is -0.399 e. The van der Waals surface area contributed by atoms with E-state index in [1.165, 1.54) is 0 Å². The van der Waals surface area contributed by atoms with Gasteiger partial charge in [0.1, 0.15) is 0 Å². The molecule has 82 valence electrons. The molecule has 0 saturated carbocycles. The van der Waals surface area contributed by atoms with Crippen molar-refractivity contribution < 1.29 is 4.79 Å². The van der Waals surface area contributed by atoms with Crippen LogP contribution in [0.5, 0.6) is 0 Å². The fourth-order valence-electron chi connectivity index (χ4n) is 1.12. The molecule has 1 aromatic rings. The highest BCUT2D eigenvalue weighted by atomic mass is 16.2. The molecule has 15 heavy (non-hydrogen) atoms. The number of nitrogen functional groups attached to an aromatic ring is 1. The van der Waals surface area contributed by atoms with Crippen LogP contribution in [0.3, 0.4) is 0 Å². The number of anilines is 1. The number of benzene rings is 1. The van der Waals surface area contributed by atoms with E-state index in [0.717, 1.165) is 0 Å². The van der Waals surface area contributed by atoms with E-state index in [1.807, 2.05) is 20.8 Å². The van der Waals surface area contributed by atoms with Crippen LogP contribution < -0.4 is 5.73 Å². The molecule has 0 atom stereocenters. The first-order valence-corrected chi connectivity index (χ1v) is 4.96. The summed E-state index contributed by atoms with van der Waals surface area (Å²) in [7, 11) is 1.80. The minimum absolute atomic E-state index is 0.0162. The van der Waals surface area contributed by atoms with E-state index in [4.69, 9.17) is 5.73 Å². The summed E-state index contributed by atoms with van der Waals surface area (Å²) >= 11 is 0. The average Bonchev–Trinajstić information content (AvgIpc) is 2.15. The summed E-state index contributed by atoms with van der Waals surface area (Å²) < 4.78 is 0. The van der Waals surface area contributed by atoms with Crippen molar-refractivity contribution in [1.82, 2.24) is 4.90 Å². The third kappa shape index (κ3) is 2.72. The average molecular weight is 206 g/mol. The molecule has 0 unspecified atom stereocenters. The fraction of sp³-hybridized carbons (Fsp3) is 0.417. The second kappa shape index (κ2) is 3.93.